The first kappa shape index (κ1) is 30.5. The van der Waals surface area contributed by atoms with E-state index in [0.29, 0.717) is 5.82 Å². The highest BCUT2D eigenvalue weighted by Crippen LogP contribution is 2.63. The predicted molar refractivity (Wildman–Crippen MR) is 219 cm³/mol. The van der Waals surface area contributed by atoms with Crippen LogP contribution in [0.1, 0.15) is 22.4 Å². The van der Waals surface area contributed by atoms with E-state index in [9.17, 15) is 0 Å². The third-order valence-electron chi connectivity index (χ3n) is 11.1. The van der Waals surface area contributed by atoms with Gasteiger partial charge in [-0.3, -0.25) is 4.98 Å². The zero-order valence-electron chi connectivity index (χ0n) is 29.3. The molecule has 3 heterocycles. The Balaban J connectivity index is 1.12. The van der Waals surface area contributed by atoms with Crippen molar-refractivity contribution in [2.45, 2.75) is 5.41 Å². The number of aromatic nitrogens is 3. The summed E-state index contributed by atoms with van der Waals surface area (Å²) < 4.78 is 0. The molecule has 0 radical (unpaired) electrons. The highest BCUT2D eigenvalue weighted by molar-refractivity contribution is 5.96. The average Bonchev–Trinajstić information content (AvgIpc) is 3.54. The van der Waals surface area contributed by atoms with Crippen LogP contribution in [-0.2, 0) is 5.41 Å². The molecule has 2 aromatic heterocycles. The van der Waals surface area contributed by atoms with Gasteiger partial charge in [0.25, 0.3) is 0 Å². The zero-order chi connectivity index (χ0) is 35.6. The average molecular weight is 689 g/mol. The molecule has 0 saturated heterocycles. The lowest BCUT2D eigenvalue weighted by Crippen LogP contribution is -2.36. The zero-order valence-corrected chi connectivity index (χ0v) is 29.3. The standard InChI is InChI=1S/C50H32N4/c1-3-15-33(16-4-1)47-40-21-7-10-25-44(40)52-49(53-47)36-18-13-17-34(31-36)35-28-29-38-39-22-14-30-51-48(39)50(43(38)32-35)41-23-8-11-26-45(41)54(37-19-5-2-6-20-37)46-27-12-9-24-42(46)50/h1-32H. The van der Waals surface area contributed by atoms with Gasteiger partial charge in [0.2, 0.25) is 0 Å². The van der Waals surface area contributed by atoms with E-state index >= 15 is 0 Å². The Morgan fingerprint density at radius 2 is 1.07 bits per heavy atom. The van der Waals surface area contributed by atoms with Crippen LogP contribution in [0.2, 0.25) is 0 Å². The molecule has 0 saturated carbocycles. The molecular weight excluding hydrogens is 657 g/mol. The van der Waals surface area contributed by atoms with E-state index in [1.165, 1.54) is 27.8 Å². The smallest absolute Gasteiger partial charge is 0.160 e. The fourth-order valence-electron chi connectivity index (χ4n) is 8.82. The van der Waals surface area contributed by atoms with Gasteiger partial charge in [0.15, 0.2) is 5.82 Å². The number of para-hydroxylation sites is 4. The van der Waals surface area contributed by atoms with Gasteiger partial charge in [-0.05, 0) is 81.9 Å². The Hall–Kier alpha value is -7.17. The Morgan fingerprint density at radius 1 is 0.426 bits per heavy atom. The molecule has 0 amide bonds. The maximum absolute atomic E-state index is 5.23. The van der Waals surface area contributed by atoms with Crippen LogP contribution in [-0.4, -0.2) is 15.0 Å². The monoisotopic (exact) mass is 688 g/mol. The SMILES string of the molecule is c1ccc(-c2nc(-c3cccc(-c4ccc5c(c4)C4(c6ccccc6N(c6ccccc6)c6ccccc64)c4ncccc4-5)c3)nc3ccccc23)cc1. The van der Waals surface area contributed by atoms with Crippen molar-refractivity contribution in [3.05, 3.63) is 217 Å². The van der Waals surface area contributed by atoms with Crippen LogP contribution in [0.5, 0.6) is 0 Å². The van der Waals surface area contributed by atoms with E-state index in [0.717, 1.165) is 61.6 Å². The number of pyridine rings is 1. The van der Waals surface area contributed by atoms with Crippen LogP contribution >= 0.6 is 0 Å². The van der Waals surface area contributed by atoms with Gasteiger partial charge in [-0.25, -0.2) is 9.97 Å². The van der Waals surface area contributed by atoms with Gasteiger partial charge in [-0.2, -0.15) is 0 Å². The number of hydrogen-bond donors (Lipinski definition) is 0. The van der Waals surface area contributed by atoms with Crippen LogP contribution in [0.15, 0.2) is 194 Å². The number of benzene rings is 7. The Kier molecular flexibility index (Phi) is 6.73. The molecule has 2 aliphatic rings. The highest BCUT2D eigenvalue weighted by atomic mass is 15.2. The molecule has 1 aliphatic carbocycles. The summed E-state index contributed by atoms with van der Waals surface area (Å²) in [6.07, 6.45) is 1.94. The van der Waals surface area contributed by atoms with Crippen LogP contribution in [0.25, 0.3) is 55.8 Å². The summed E-state index contributed by atoms with van der Waals surface area (Å²) in [5.74, 6) is 0.708. The minimum Gasteiger partial charge on any atom is -0.310 e. The summed E-state index contributed by atoms with van der Waals surface area (Å²) in [5.41, 5.74) is 16.1. The second kappa shape index (κ2) is 11.9. The van der Waals surface area contributed by atoms with E-state index in [4.69, 9.17) is 15.0 Å². The highest BCUT2D eigenvalue weighted by Gasteiger charge is 2.52. The van der Waals surface area contributed by atoms with E-state index in [1.54, 1.807) is 0 Å². The van der Waals surface area contributed by atoms with Crippen molar-refractivity contribution in [2.24, 2.45) is 0 Å². The molecule has 4 nitrogen and oxygen atoms in total. The van der Waals surface area contributed by atoms with Gasteiger partial charge in [0.1, 0.15) is 0 Å². The minimum atomic E-state index is -0.621. The van der Waals surface area contributed by atoms with Gasteiger partial charge in [-0.15, -0.1) is 0 Å². The summed E-state index contributed by atoms with van der Waals surface area (Å²) in [6, 6.07) is 66.9. The Morgan fingerprint density at radius 3 is 1.87 bits per heavy atom. The van der Waals surface area contributed by atoms with Gasteiger partial charge in [0.05, 0.1) is 33.7 Å². The lowest BCUT2D eigenvalue weighted by Gasteiger charge is -2.44. The molecule has 1 aliphatic heterocycles. The van der Waals surface area contributed by atoms with E-state index in [2.05, 4.69) is 181 Å². The predicted octanol–water partition coefficient (Wildman–Crippen LogP) is 12.2. The molecule has 0 unspecified atom stereocenters. The molecular formula is C50H32N4. The lowest BCUT2D eigenvalue weighted by atomic mass is 9.66. The van der Waals surface area contributed by atoms with Crippen molar-refractivity contribution in [3.8, 4) is 44.9 Å². The largest absolute Gasteiger partial charge is 0.310 e. The van der Waals surface area contributed by atoms with Gasteiger partial charge in [-0.1, -0.05) is 140 Å². The molecule has 0 atom stereocenters. The molecule has 1 spiro atoms. The first-order valence-electron chi connectivity index (χ1n) is 18.4. The third kappa shape index (κ3) is 4.40. The molecule has 9 aromatic rings. The van der Waals surface area contributed by atoms with Crippen LogP contribution < -0.4 is 4.90 Å². The van der Waals surface area contributed by atoms with Crippen molar-refractivity contribution in [1.82, 2.24) is 15.0 Å². The van der Waals surface area contributed by atoms with Crippen LogP contribution in [0, 0.1) is 0 Å². The van der Waals surface area contributed by atoms with Crippen molar-refractivity contribution in [3.63, 3.8) is 0 Å². The normalized spacial score (nSPS) is 13.3. The van der Waals surface area contributed by atoms with E-state index < -0.39 is 5.41 Å². The fraction of sp³-hybridized carbons (Fsp3) is 0.0200. The van der Waals surface area contributed by atoms with Gasteiger partial charge in [0, 0.05) is 34.0 Å². The summed E-state index contributed by atoms with van der Waals surface area (Å²) in [4.78, 5) is 17.9. The first-order valence-corrected chi connectivity index (χ1v) is 18.4. The van der Waals surface area contributed by atoms with Crippen LogP contribution in [0.4, 0.5) is 17.1 Å². The maximum atomic E-state index is 5.23. The quantitative estimate of drug-likeness (QED) is 0.185. The molecule has 0 N–H and O–H groups in total. The molecule has 252 valence electrons. The summed E-state index contributed by atoms with van der Waals surface area (Å²) in [5, 5.41) is 1.04. The fourth-order valence-corrected chi connectivity index (χ4v) is 8.82. The number of fused-ring (bicyclic) bond motifs is 10. The van der Waals surface area contributed by atoms with Crippen molar-refractivity contribution >= 4 is 28.0 Å². The first-order chi connectivity index (χ1) is 26.8. The van der Waals surface area contributed by atoms with Crippen molar-refractivity contribution < 1.29 is 0 Å². The number of nitrogens with zero attached hydrogens (tertiary/aromatic N) is 4. The molecule has 11 rings (SSSR count). The lowest BCUT2D eigenvalue weighted by molar-refractivity contribution is 0.725. The van der Waals surface area contributed by atoms with Crippen LogP contribution in [0.3, 0.4) is 0 Å². The van der Waals surface area contributed by atoms with E-state index in [-0.39, 0.29) is 0 Å². The topological polar surface area (TPSA) is 41.9 Å². The molecule has 54 heavy (non-hydrogen) atoms. The molecule has 7 aromatic carbocycles. The third-order valence-corrected chi connectivity index (χ3v) is 11.1. The maximum Gasteiger partial charge on any atom is 0.160 e. The van der Waals surface area contributed by atoms with Gasteiger partial charge < -0.3 is 4.90 Å². The number of anilines is 3. The Labute approximate surface area is 313 Å². The van der Waals surface area contributed by atoms with Gasteiger partial charge >= 0.3 is 0 Å². The molecule has 0 bridgehead atoms. The van der Waals surface area contributed by atoms with Crippen molar-refractivity contribution in [1.29, 1.82) is 0 Å². The summed E-state index contributed by atoms with van der Waals surface area (Å²) >= 11 is 0. The summed E-state index contributed by atoms with van der Waals surface area (Å²) in [6.45, 7) is 0. The molecule has 4 heteroatoms. The minimum absolute atomic E-state index is 0.621. The number of rotatable bonds is 4. The summed E-state index contributed by atoms with van der Waals surface area (Å²) in [7, 11) is 0. The second-order valence-electron chi connectivity index (χ2n) is 14.0. The molecule has 0 fully saturated rings. The van der Waals surface area contributed by atoms with E-state index in [1.807, 2.05) is 18.3 Å². The van der Waals surface area contributed by atoms with Crippen molar-refractivity contribution in [2.75, 3.05) is 4.90 Å². The number of hydrogen-bond acceptors (Lipinski definition) is 4. The second-order valence-corrected chi connectivity index (χ2v) is 14.0. The Bertz CT molecular complexity index is 2850.